The van der Waals surface area contributed by atoms with Gasteiger partial charge in [-0.05, 0) is 20.8 Å². The van der Waals surface area contributed by atoms with Crippen LogP contribution in [-0.2, 0) is 4.74 Å². The van der Waals surface area contributed by atoms with Crippen LogP contribution in [0.4, 0.5) is 15.5 Å². The first-order chi connectivity index (χ1) is 7.70. The number of amides is 1. The Morgan fingerprint density at radius 1 is 1.59 bits per heavy atom. The number of nitrogens with zero attached hydrogens (tertiary/aromatic N) is 2. The van der Waals surface area contributed by atoms with Gasteiger partial charge in [0.05, 0.1) is 16.7 Å². The second-order valence-electron chi connectivity index (χ2n) is 4.25. The van der Waals surface area contributed by atoms with Gasteiger partial charge in [0.1, 0.15) is 5.60 Å². The summed E-state index contributed by atoms with van der Waals surface area (Å²) >= 11 is 0.893. The molecule has 0 bridgehead atoms. The third-order valence-corrected chi connectivity index (χ3v) is 2.49. The summed E-state index contributed by atoms with van der Waals surface area (Å²) < 4.78 is 5.02. The molecule has 1 rings (SSSR count). The molecule has 0 saturated carbocycles. The van der Waals surface area contributed by atoms with Gasteiger partial charge in [0.15, 0.2) is 0 Å². The molecule has 7 nitrogen and oxygen atoms in total. The van der Waals surface area contributed by atoms with E-state index in [4.69, 9.17) is 10.6 Å². The molecule has 1 heterocycles. The number of thiophene rings is 1. The van der Waals surface area contributed by atoms with Crippen molar-refractivity contribution in [2.75, 3.05) is 5.01 Å². The molecule has 94 valence electrons. The van der Waals surface area contributed by atoms with E-state index in [-0.39, 0.29) is 10.7 Å². The van der Waals surface area contributed by atoms with Crippen molar-refractivity contribution in [3.8, 4) is 0 Å². The van der Waals surface area contributed by atoms with Crippen molar-refractivity contribution in [1.82, 2.24) is 0 Å². The lowest BCUT2D eigenvalue weighted by atomic mass is 10.2. The largest absolute Gasteiger partial charge is 0.442 e. The summed E-state index contributed by atoms with van der Waals surface area (Å²) in [5, 5.41) is 12.6. The summed E-state index contributed by atoms with van der Waals surface area (Å²) in [4.78, 5) is 21.5. The monoisotopic (exact) mass is 259 g/mol. The summed E-state index contributed by atoms with van der Waals surface area (Å²) in [5.74, 6) is 5.50. The average molecular weight is 259 g/mol. The summed E-state index contributed by atoms with van der Waals surface area (Å²) in [6.45, 7) is 5.11. The maximum absolute atomic E-state index is 11.6. The van der Waals surface area contributed by atoms with Gasteiger partial charge in [-0.2, -0.15) is 0 Å². The number of rotatable bonds is 2. The lowest BCUT2D eigenvalue weighted by Crippen LogP contribution is -2.41. The minimum absolute atomic E-state index is 0.0843. The minimum atomic E-state index is -0.759. The predicted molar refractivity (Wildman–Crippen MR) is 63.9 cm³/mol. The summed E-state index contributed by atoms with van der Waals surface area (Å²) in [5.41, 5.74) is -0.438. The van der Waals surface area contributed by atoms with Crippen LogP contribution in [0.3, 0.4) is 0 Å². The van der Waals surface area contributed by atoms with Crippen LogP contribution in [0.1, 0.15) is 20.8 Å². The first-order valence-corrected chi connectivity index (χ1v) is 5.59. The molecule has 0 radical (unpaired) electrons. The number of ether oxygens (including phenoxy) is 1. The number of hydrogen-bond donors (Lipinski definition) is 1. The maximum atomic E-state index is 11.6. The zero-order chi connectivity index (χ0) is 13.2. The van der Waals surface area contributed by atoms with Gasteiger partial charge in [-0.1, -0.05) is 11.3 Å². The standard InChI is InChI=1S/C9H13N3O4S/c1-9(2,3)16-8(13)11(10)6-4-7(12(14)15)17-5-6/h4-5H,10H2,1-3H3. The average Bonchev–Trinajstić information content (AvgIpc) is 2.62. The second kappa shape index (κ2) is 4.68. The van der Waals surface area contributed by atoms with Crippen LogP contribution in [0.5, 0.6) is 0 Å². The molecule has 0 aromatic carbocycles. The highest BCUT2D eigenvalue weighted by atomic mass is 32.1. The molecule has 0 aliphatic carbocycles. The van der Waals surface area contributed by atoms with Crippen LogP contribution in [0.25, 0.3) is 0 Å². The van der Waals surface area contributed by atoms with E-state index in [0.29, 0.717) is 0 Å². The number of carbonyl (C=O) groups excluding carboxylic acids is 1. The first-order valence-electron chi connectivity index (χ1n) is 4.71. The van der Waals surface area contributed by atoms with Gasteiger partial charge in [0.25, 0.3) is 0 Å². The molecule has 0 spiro atoms. The number of carbonyl (C=O) groups is 1. The van der Waals surface area contributed by atoms with Gasteiger partial charge in [-0.15, -0.1) is 0 Å². The quantitative estimate of drug-likeness (QED) is 0.380. The highest BCUT2D eigenvalue weighted by molar-refractivity contribution is 7.13. The molecule has 0 aliphatic heterocycles. The molecule has 0 unspecified atom stereocenters. The Morgan fingerprint density at radius 3 is 2.59 bits per heavy atom. The Kier molecular flexibility index (Phi) is 3.69. The molecule has 2 N–H and O–H groups in total. The Labute approximate surface area is 102 Å². The van der Waals surface area contributed by atoms with E-state index in [0.717, 1.165) is 16.3 Å². The highest BCUT2D eigenvalue weighted by Gasteiger charge is 2.23. The van der Waals surface area contributed by atoms with Gasteiger partial charge >= 0.3 is 11.1 Å². The molecule has 1 aromatic heterocycles. The molecule has 0 atom stereocenters. The number of hydrogen-bond acceptors (Lipinski definition) is 6. The van der Waals surface area contributed by atoms with E-state index < -0.39 is 16.6 Å². The molecule has 17 heavy (non-hydrogen) atoms. The van der Waals surface area contributed by atoms with Crippen LogP contribution in [0.15, 0.2) is 11.4 Å². The van der Waals surface area contributed by atoms with Crippen LogP contribution in [0, 0.1) is 10.1 Å². The number of anilines is 1. The molecule has 0 saturated heterocycles. The van der Waals surface area contributed by atoms with Gasteiger partial charge in [0.2, 0.25) is 0 Å². The van der Waals surface area contributed by atoms with Crippen molar-refractivity contribution in [2.24, 2.45) is 5.84 Å². The van der Waals surface area contributed by atoms with Crippen LogP contribution in [-0.4, -0.2) is 16.6 Å². The first kappa shape index (κ1) is 13.4. The fourth-order valence-electron chi connectivity index (χ4n) is 0.954. The van der Waals surface area contributed by atoms with Crippen molar-refractivity contribution in [3.63, 3.8) is 0 Å². The summed E-state index contributed by atoms with van der Waals surface area (Å²) in [6.07, 6.45) is -0.759. The SMILES string of the molecule is CC(C)(C)OC(=O)N(N)c1csc([N+](=O)[O-])c1. The van der Waals surface area contributed by atoms with Gasteiger partial charge in [-0.25, -0.2) is 15.6 Å². The summed E-state index contributed by atoms with van der Waals surface area (Å²) in [7, 11) is 0. The maximum Gasteiger partial charge on any atom is 0.429 e. The Balaban J connectivity index is 2.78. The molecular weight excluding hydrogens is 246 g/mol. The third kappa shape index (κ3) is 3.68. The van der Waals surface area contributed by atoms with Crippen molar-refractivity contribution < 1.29 is 14.5 Å². The van der Waals surface area contributed by atoms with Crippen LogP contribution < -0.4 is 10.9 Å². The molecule has 1 amide bonds. The molecule has 0 aliphatic rings. The Hall–Kier alpha value is -1.67. The topological polar surface area (TPSA) is 98.7 Å². The lowest BCUT2D eigenvalue weighted by Gasteiger charge is -2.23. The Bertz CT molecular complexity index is 438. The molecule has 0 fully saturated rings. The Morgan fingerprint density at radius 2 is 2.18 bits per heavy atom. The number of hydrazine groups is 1. The number of nitro groups is 1. The van der Waals surface area contributed by atoms with Crippen molar-refractivity contribution in [3.05, 3.63) is 21.6 Å². The van der Waals surface area contributed by atoms with Gasteiger partial charge in [0, 0.05) is 5.38 Å². The molecule has 1 aromatic rings. The lowest BCUT2D eigenvalue weighted by molar-refractivity contribution is -0.380. The van der Waals surface area contributed by atoms with E-state index >= 15 is 0 Å². The normalized spacial score (nSPS) is 11.1. The second-order valence-corrected chi connectivity index (χ2v) is 5.14. The van der Waals surface area contributed by atoms with Crippen LogP contribution in [0.2, 0.25) is 0 Å². The zero-order valence-corrected chi connectivity index (χ0v) is 10.5. The number of nitrogens with two attached hydrogens (primary N) is 1. The third-order valence-electron chi connectivity index (χ3n) is 1.62. The van der Waals surface area contributed by atoms with Crippen molar-refractivity contribution >= 4 is 28.1 Å². The fraction of sp³-hybridized carbons (Fsp3) is 0.444. The van der Waals surface area contributed by atoms with E-state index in [1.807, 2.05) is 0 Å². The zero-order valence-electron chi connectivity index (χ0n) is 9.67. The van der Waals surface area contributed by atoms with Gasteiger partial charge < -0.3 is 4.74 Å². The predicted octanol–water partition coefficient (Wildman–Crippen LogP) is 2.27. The fourth-order valence-corrected chi connectivity index (χ4v) is 1.65. The van der Waals surface area contributed by atoms with E-state index in [1.165, 1.54) is 11.4 Å². The van der Waals surface area contributed by atoms with E-state index in [1.54, 1.807) is 20.8 Å². The molecular formula is C9H13N3O4S. The summed E-state index contributed by atoms with van der Waals surface area (Å²) in [6, 6.07) is 1.22. The van der Waals surface area contributed by atoms with Crippen molar-refractivity contribution in [1.29, 1.82) is 0 Å². The highest BCUT2D eigenvalue weighted by Crippen LogP contribution is 2.28. The molecule has 8 heteroatoms. The van der Waals surface area contributed by atoms with Gasteiger partial charge in [-0.3, -0.25) is 10.1 Å². The smallest absolute Gasteiger partial charge is 0.429 e. The van der Waals surface area contributed by atoms with Crippen molar-refractivity contribution in [2.45, 2.75) is 26.4 Å². The minimum Gasteiger partial charge on any atom is -0.442 e. The van der Waals surface area contributed by atoms with E-state index in [2.05, 4.69) is 0 Å². The van der Waals surface area contributed by atoms with Crippen LogP contribution >= 0.6 is 11.3 Å². The van der Waals surface area contributed by atoms with E-state index in [9.17, 15) is 14.9 Å².